The molecule has 0 atom stereocenters. The summed E-state index contributed by atoms with van der Waals surface area (Å²) in [6.45, 7) is 0. The summed E-state index contributed by atoms with van der Waals surface area (Å²) in [5, 5.41) is 1.43. The first-order valence-corrected chi connectivity index (χ1v) is 4.94. The number of halogens is 2. The summed E-state index contributed by atoms with van der Waals surface area (Å²) >= 11 is 11.7. The second-order valence-electron chi connectivity index (χ2n) is 2.95. The van der Waals surface area contributed by atoms with Crippen LogP contribution in [-0.2, 0) is 0 Å². The van der Waals surface area contributed by atoms with Crippen LogP contribution in [0.2, 0.25) is 10.0 Å². The molecular formula is C12H7Cl2. The minimum Gasteiger partial charge on any atom is -0.0843 e. The van der Waals surface area contributed by atoms with Crippen molar-refractivity contribution in [2.45, 2.75) is 0 Å². The fourth-order valence-electron chi connectivity index (χ4n) is 1.25. The zero-order valence-corrected chi connectivity index (χ0v) is 8.81. The SMILES string of the molecule is Clc1ccc(-c2c[c]cc(Cl)c2)cc1. The second-order valence-corrected chi connectivity index (χ2v) is 3.82. The predicted octanol–water partition coefficient (Wildman–Crippen LogP) is 4.46. The van der Waals surface area contributed by atoms with Gasteiger partial charge in [-0.15, -0.1) is 0 Å². The molecule has 0 bridgehead atoms. The molecular weight excluding hydrogens is 215 g/mol. The van der Waals surface area contributed by atoms with Gasteiger partial charge in [0.1, 0.15) is 0 Å². The Morgan fingerprint density at radius 1 is 0.786 bits per heavy atom. The van der Waals surface area contributed by atoms with E-state index in [-0.39, 0.29) is 0 Å². The molecule has 0 saturated heterocycles. The Morgan fingerprint density at radius 3 is 2.14 bits per heavy atom. The minimum absolute atomic E-state index is 0.692. The van der Waals surface area contributed by atoms with Gasteiger partial charge < -0.3 is 0 Å². The zero-order valence-electron chi connectivity index (χ0n) is 7.30. The lowest BCUT2D eigenvalue weighted by atomic mass is 10.1. The van der Waals surface area contributed by atoms with Gasteiger partial charge in [-0.25, -0.2) is 0 Å². The Kier molecular flexibility index (Phi) is 2.76. The van der Waals surface area contributed by atoms with Crippen LogP contribution in [0.25, 0.3) is 11.1 Å². The van der Waals surface area contributed by atoms with Crippen molar-refractivity contribution in [1.82, 2.24) is 0 Å². The van der Waals surface area contributed by atoms with E-state index in [9.17, 15) is 0 Å². The van der Waals surface area contributed by atoms with E-state index in [1.54, 1.807) is 6.07 Å². The van der Waals surface area contributed by atoms with Crippen molar-refractivity contribution < 1.29 is 0 Å². The number of rotatable bonds is 1. The van der Waals surface area contributed by atoms with E-state index < -0.39 is 0 Å². The van der Waals surface area contributed by atoms with Crippen LogP contribution in [0.4, 0.5) is 0 Å². The van der Waals surface area contributed by atoms with Gasteiger partial charge in [-0.1, -0.05) is 35.3 Å². The van der Waals surface area contributed by atoms with Gasteiger partial charge in [0.2, 0.25) is 0 Å². The fraction of sp³-hybridized carbons (Fsp3) is 0. The van der Waals surface area contributed by atoms with Gasteiger partial charge in [-0.3, -0.25) is 0 Å². The molecule has 14 heavy (non-hydrogen) atoms. The average molecular weight is 222 g/mol. The number of hydrogen-bond donors (Lipinski definition) is 0. The summed E-state index contributed by atoms with van der Waals surface area (Å²) < 4.78 is 0. The van der Waals surface area contributed by atoms with Crippen LogP contribution in [0.15, 0.2) is 42.5 Å². The molecule has 2 heteroatoms. The molecule has 0 aliphatic rings. The van der Waals surface area contributed by atoms with Crippen molar-refractivity contribution >= 4 is 23.2 Å². The van der Waals surface area contributed by atoms with E-state index in [0.29, 0.717) is 5.02 Å². The van der Waals surface area contributed by atoms with Crippen molar-refractivity contribution in [3.63, 3.8) is 0 Å². The highest BCUT2D eigenvalue weighted by molar-refractivity contribution is 6.31. The monoisotopic (exact) mass is 221 g/mol. The Morgan fingerprint density at radius 2 is 1.50 bits per heavy atom. The molecule has 0 aromatic heterocycles. The van der Waals surface area contributed by atoms with Crippen molar-refractivity contribution in [3.05, 3.63) is 58.6 Å². The molecule has 0 saturated carbocycles. The third-order valence-electron chi connectivity index (χ3n) is 1.93. The third kappa shape index (κ3) is 2.09. The van der Waals surface area contributed by atoms with E-state index in [2.05, 4.69) is 6.07 Å². The largest absolute Gasteiger partial charge is 0.0843 e. The minimum atomic E-state index is 0.692. The Balaban J connectivity index is 2.44. The van der Waals surface area contributed by atoms with Crippen LogP contribution in [-0.4, -0.2) is 0 Å². The lowest BCUT2D eigenvalue weighted by Crippen LogP contribution is -1.76. The highest BCUT2D eigenvalue weighted by Gasteiger charge is 1.97. The standard InChI is InChI=1S/C12H7Cl2/c13-11-6-4-9(5-7-11)10-2-1-3-12(14)8-10/h2-8H. The maximum atomic E-state index is 5.87. The van der Waals surface area contributed by atoms with Gasteiger partial charge >= 0.3 is 0 Å². The van der Waals surface area contributed by atoms with Crippen molar-refractivity contribution in [2.24, 2.45) is 0 Å². The van der Waals surface area contributed by atoms with Crippen LogP contribution in [0.3, 0.4) is 0 Å². The Bertz CT molecular complexity index is 432. The Hall–Kier alpha value is -0.980. The highest BCUT2D eigenvalue weighted by atomic mass is 35.5. The van der Waals surface area contributed by atoms with E-state index in [4.69, 9.17) is 23.2 Å². The molecule has 2 aromatic carbocycles. The van der Waals surface area contributed by atoms with Gasteiger partial charge in [0.25, 0.3) is 0 Å². The van der Waals surface area contributed by atoms with Crippen LogP contribution < -0.4 is 0 Å². The van der Waals surface area contributed by atoms with Gasteiger partial charge in [0.15, 0.2) is 0 Å². The molecule has 0 heterocycles. The van der Waals surface area contributed by atoms with Crippen LogP contribution in [0.5, 0.6) is 0 Å². The second kappa shape index (κ2) is 4.04. The number of hydrogen-bond acceptors (Lipinski definition) is 0. The molecule has 0 aliphatic heterocycles. The van der Waals surface area contributed by atoms with Crippen molar-refractivity contribution in [3.8, 4) is 11.1 Å². The molecule has 0 N–H and O–H groups in total. The zero-order chi connectivity index (χ0) is 9.97. The van der Waals surface area contributed by atoms with Gasteiger partial charge in [0.05, 0.1) is 0 Å². The summed E-state index contributed by atoms with van der Waals surface area (Å²) in [6, 6.07) is 16.2. The summed E-state index contributed by atoms with van der Waals surface area (Å²) in [6.07, 6.45) is 0. The lowest BCUT2D eigenvalue weighted by Gasteiger charge is -2.01. The summed E-state index contributed by atoms with van der Waals surface area (Å²) in [7, 11) is 0. The van der Waals surface area contributed by atoms with Crippen molar-refractivity contribution in [2.75, 3.05) is 0 Å². The first-order valence-electron chi connectivity index (χ1n) is 4.18. The molecule has 0 spiro atoms. The molecule has 0 amide bonds. The summed E-state index contributed by atoms with van der Waals surface area (Å²) in [5.74, 6) is 0. The molecule has 0 fully saturated rings. The highest BCUT2D eigenvalue weighted by Crippen LogP contribution is 2.23. The molecule has 0 nitrogen and oxygen atoms in total. The summed E-state index contributed by atoms with van der Waals surface area (Å²) in [5.41, 5.74) is 2.14. The Labute approximate surface area is 93.1 Å². The maximum absolute atomic E-state index is 5.87. The first-order chi connectivity index (χ1) is 6.75. The number of benzene rings is 2. The van der Waals surface area contributed by atoms with Gasteiger partial charge in [0, 0.05) is 10.0 Å². The van der Waals surface area contributed by atoms with Gasteiger partial charge in [-0.05, 0) is 47.5 Å². The van der Waals surface area contributed by atoms with Crippen LogP contribution in [0, 0.1) is 6.07 Å². The smallest absolute Gasteiger partial charge is 0.0418 e. The molecule has 69 valence electrons. The first kappa shape index (κ1) is 9.57. The molecule has 2 rings (SSSR count). The molecule has 0 unspecified atom stereocenters. The maximum Gasteiger partial charge on any atom is 0.0418 e. The van der Waals surface area contributed by atoms with Gasteiger partial charge in [-0.2, -0.15) is 0 Å². The quantitative estimate of drug-likeness (QED) is 0.668. The van der Waals surface area contributed by atoms with Crippen molar-refractivity contribution in [1.29, 1.82) is 0 Å². The predicted molar refractivity (Wildman–Crippen MR) is 60.7 cm³/mol. The third-order valence-corrected chi connectivity index (χ3v) is 2.40. The topological polar surface area (TPSA) is 0 Å². The molecule has 0 aliphatic carbocycles. The normalized spacial score (nSPS) is 10.1. The van der Waals surface area contributed by atoms with E-state index in [0.717, 1.165) is 16.1 Å². The molecule has 2 aromatic rings. The fourth-order valence-corrected chi connectivity index (χ4v) is 1.56. The van der Waals surface area contributed by atoms with Crippen LogP contribution in [0.1, 0.15) is 0 Å². The average Bonchev–Trinajstić information content (AvgIpc) is 2.19. The van der Waals surface area contributed by atoms with E-state index >= 15 is 0 Å². The molecule has 1 radical (unpaired) electrons. The van der Waals surface area contributed by atoms with Crippen LogP contribution >= 0.6 is 23.2 Å². The van der Waals surface area contributed by atoms with E-state index in [1.165, 1.54) is 0 Å². The summed E-state index contributed by atoms with van der Waals surface area (Å²) in [4.78, 5) is 0. The van der Waals surface area contributed by atoms with E-state index in [1.807, 2.05) is 36.4 Å². The lowest BCUT2D eigenvalue weighted by molar-refractivity contribution is 1.61.